The van der Waals surface area contributed by atoms with Gasteiger partial charge in [0.15, 0.2) is 11.5 Å². The number of hydrogen-bond donors (Lipinski definition) is 1. The van der Waals surface area contributed by atoms with Gasteiger partial charge in [-0.3, -0.25) is 9.59 Å². The van der Waals surface area contributed by atoms with Crippen LogP contribution in [0.3, 0.4) is 0 Å². The Morgan fingerprint density at radius 2 is 1.84 bits per heavy atom. The largest absolute Gasteiger partial charge is 0.503 e. The number of aliphatic hydroxyl groups excluding tert-OH is 1. The minimum absolute atomic E-state index is 0.194. The average Bonchev–Trinajstić information content (AvgIpc) is 2.85. The maximum Gasteiger partial charge on any atom is 0.290 e. The average molecular weight is 345 g/mol. The monoisotopic (exact) mass is 345 g/mol. The highest BCUT2D eigenvalue weighted by Crippen LogP contribution is 2.39. The van der Waals surface area contributed by atoms with E-state index in [1.54, 1.807) is 18.7 Å². The molecule has 0 radical (unpaired) electrons. The van der Waals surface area contributed by atoms with E-state index >= 15 is 0 Å². The molecule has 25 heavy (non-hydrogen) atoms. The second-order valence-corrected chi connectivity index (χ2v) is 6.60. The number of carbonyl (C=O) groups is 2. The summed E-state index contributed by atoms with van der Waals surface area (Å²) >= 11 is 0. The van der Waals surface area contributed by atoms with Gasteiger partial charge in [0.25, 0.3) is 5.91 Å². The molecule has 1 aliphatic rings. The van der Waals surface area contributed by atoms with Gasteiger partial charge in [0, 0.05) is 12.5 Å². The number of carbonyl (C=O) groups excluding carboxylic acids is 2. The first-order valence-electron chi connectivity index (χ1n) is 8.93. The van der Waals surface area contributed by atoms with E-state index in [9.17, 15) is 14.7 Å². The van der Waals surface area contributed by atoms with Crippen molar-refractivity contribution in [1.29, 1.82) is 0 Å². The number of Topliss-reactive ketones (excluding diaryl/α,β-unsaturated/α-hetero) is 1. The van der Waals surface area contributed by atoms with E-state index in [1.165, 1.54) is 0 Å². The van der Waals surface area contributed by atoms with Crippen LogP contribution in [0.25, 0.3) is 0 Å². The Bertz CT molecular complexity index is 661. The number of rotatable bonds is 8. The third-order valence-corrected chi connectivity index (χ3v) is 4.23. The summed E-state index contributed by atoms with van der Waals surface area (Å²) in [5.41, 5.74) is 1.01. The molecule has 1 amide bonds. The van der Waals surface area contributed by atoms with Crippen LogP contribution < -0.4 is 4.74 Å². The van der Waals surface area contributed by atoms with E-state index in [4.69, 9.17) is 4.74 Å². The summed E-state index contributed by atoms with van der Waals surface area (Å²) in [5.74, 6) is -0.616. The first-order valence-corrected chi connectivity index (χ1v) is 8.93. The van der Waals surface area contributed by atoms with Gasteiger partial charge in [-0.05, 0) is 30.5 Å². The Hall–Kier alpha value is -2.30. The molecule has 1 unspecified atom stereocenters. The predicted molar refractivity (Wildman–Crippen MR) is 96.5 cm³/mol. The molecule has 0 fully saturated rings. The fourth-order valence-corrected chi connectivity index (χ4v) is 3.00. The SMILES string of the molecule is CCCOc1ccc(C2C(C(=O)C(C)C)=C(O)C(=O)N2CCC)cc1. The highest BCUT2D eigenvalue weighted by atomic mass is 16.5. The predicted octanol–water partition coefficient (Wildman–Crippen LogP) is 3.81. The summed E-state index contributed by atoms with van der Waals surface area (Å²) < 4.78 is 5.59. The van der Waals surface area contributed by atoms with Crippen LogP contribution in [0.1, 0.15) is 52.1 Å². The summed E-state index contributed by atoms with van der Waals surface area (Å²) in [7, 11) is 0. The van der Waals surface area contributed by atoms with E-state index in [0.29, 0.717) is 13.2 Å². The third-order valence-electron chi connectivity index (χ3n) is 4.23. The zero-order valence-electron chi connectivity index (χ0n) is 15.4. The summed E-state index contributed by atoms with van der Waals surface area (Å²) in [6.07, 6.45) is 1.67. The third kappa shape index (κ3) is 3.86. The Kier molecular flexibility index (Phi) is 6.23. The van der Waals surface area contributed by atoms with Crippen molar-refractivity contribution in [1.82, 2.24) is 4.90 Å². The van der Waals surface area contributed by atoms with Crippen molar-refractivity contribution in [2.45, 2.75) is 46.6 Å². The van der Waals surface area contributed by atoms with Gasteiger partial charge in [0.1, 0.15) is 5.75 Å². The molecular formula is C20H27NO4. The van der Waals surface area contributed by atoms with Gasteiger partial charge in [-0.25, -0.2) is 0 Å². The molecule has 5 nitrogen and oxygen atoms in total. The van der Waals surface area contributed by atoms with Crippen molar-refractivity contribution in [2.24, 2.45) is 5.92 Å². The molecule has 0 spiro atoms. The second kappa shape index (κ2) is 8.19. The molecular weight excluding hydrogens is 318 g/mol. The Balaban J connectivity index is 2.41. The number of nitrogens with zero attached hydrogens (tertiary/aromatic N) is 1. The molecule has 0 bridgehead atoms. The fourth-order valence-electron chi connectivity index (χ4n) is 3.00. The van der Waals surface area contributed by atoms with Crippen molar-refractivity contribution in [3.05, 3.63) is 41.2 Å². The standard InChI is InChI=1S/C20H27NO4/c1-5-11-21-17(14-7-9-15(10-8-14)25-12-6-2)16(18(22)13(3)4)19(23)20(21)24/h7-10,13,17,23H,5-6,11-12H2,1-4H3. The lowest BCUT2D eigenvalue weighted by Crippen LogP contribution is -2.32. The Morgan fingerprint density at radius 3 is 2.36 bits per heavy atom. The number of amides is 1. The van der Waals surface area contributed by atoms with Gasteiger partial charge in [-0.1, -0.05) is 39.8 Å². The zero-order valence-corrected chi connectivity index (χ0v) is 15.4. The van der Waals surface area contributed by atoms with Crippen LogP contribution in [0.15, 0.2) is 35.6 Å². The van der Waals surface area contributed by atoms with Crippen LogP contribution in [0.5, 0.6) is 5.75 Å². The smallest absolute Gasteiger partial charge is 0.290 e. The normalized spacial score (nSPS) is 17.6. The Morgan fingerprint density at radius 1 is 1.20 bits per heavy atom. The van der Waals surface area contributed by atoms with E-state index in [0.717, 1.165) is 24.2 Å². The maximum absolute atomic E-state index is 12.6. The highest BCUT2D eigenvalue weighted by Gasteiger charge is 2.43. The quantitative estimate of drug-likeness (QED) is 0.778. The molecule has 0 aromatic heterocycles. The van der Waals surface area contributed by atoms with Crippen LogP contribution >= 0.6 is 0 Å². The minimum atomic E-state index is -0.539. The molecule has 0 saturated carbocycles. The number of ketones is 1. The van der Waals surface area contributed by atoms with Gasteiger partial charge < -0.3 is 14.7 Å². The van der Waals surface area contributed by atoms with Crippen LogP contribution in [0.2, 0.25) is 0 Å². The van der Waals surface area contributed by atoms with Gasteiger partial charge in [-0.15, -0.1) is 0 Å². The first-order chi connectivity index (χ1) is 11.9. The molecule has 1 aromatic carbocycles. The summed E-state index contributed by atoms with van der Waals surface area (Å²) in [6, 6.07) is 6.86. The lowest BCUT2D eigenvalue weighted by atomic mass is 9.91. The van der Waals surface area contributed by atoms with Gasteiger partial charge in [0.05, 0.1) is 18.2 Å². The van der Waals surface area contributed by atoms with Crippen molar-refractivity contribution in [2.75, 3.05) is 13.2 Å². The summed E-state index contributed by atoms with van der Waals surface area (Å²) in [4.78, 5) is 26.7. The minimum Gasteiger partial charge on any atom is -0.503 e. The van der Waals surface area contributed by atoms with E-state index in [2.05, 4.69) is 0 Å². The van der Waals surface area contributed by atoms with Crippen molar-refractivity contribution < 1.29 is 19.4 Å². The molecule has 136 valence electrons. The van der Waals surface area contributed by atoms with Crippen molar-refractivity contribution >= 4 is 11.7 Å². The van der Waals surface area contributed by atoms with Crippen LogP contribution in [-0.4, -0.2) is 34.8 Å². The van der Waals surface area contributed by atoms with Crippen LogP contribution in [0.4, 0.5) is 0 Å². The van der Waals surface area contributed by atoms with Gasteiger partial charge >= 0.3 is 0 Å². The topological polar surface area (TPSA) is 66.8 Å². The second-order valence-electron chi connectivity index (χ2n) is 6.60. The van der Waals surface area contributed by atoms with Crippen molar-refractivity contribution in [3.63, 3.8) is 0 Å². The molecule has 5 heteroatoms. The maximum atomic E-state index is 12.6. The molecule has 1 heterocycles. The van der Waals surface area contributed by atoms with Gasteiger partial charge in [-0.2, -0.15) is 0 Å². The zero-order chi connectivity index (χ0) is 18.6. The highest BCUT2D eigenvalue weighted by molar-refractivity contribution is 6.09. The number of ether oxygens (including phenoxy) is 1. The van der Waals surface area contributed by atoms with E-state index in [-0.39, 0.29) is 17.3 Å². The van der Waals surface area contributed by atoms with Crippen molar-refractivity contribution in [3.8, 4) is 5.75 Å². The first kappa shape index (κ1) is 19.0. The van der Waals surface area contributed by atoms with Crippen LogP contribution in [0, 0.1) is 5.92 Å². The molecule has 0 saturated heterocycles. The molecule has 0 aliphatic carbocycles. The molecule has 1 aliphatic heterocycles. The molecule has 1 atom stereocenters. The Labute approximate surface area is 149 Å². The lowest BCUT2D eigenvalue weighted by molar-refractivity contribution is -0.129. The number of hydrogen-bond acceptors (Lipinski definition) is 4. The van der Waals surface area contributed by atoms with E-state index in [1.807, 2.05) is 38.1 Å². The molecule has 1 N–H and O–H groups in total. The molecule has 2 rings (SSSR count). The number of benzene rings is 1. The lowest BCUT2D eigenvalue weighted by Gasteiger charge is -2.27. The van der Waals surface area contributed by atoms with Gasteiger partial charge in [0.2, 0.25) is 0 Å². The van der Waals surface area contributed by atoms with Crippen LogP contribution in [-0.2, 0) is 9.59 Å². The molecule has 1 aromatic rings. The summed E-state index contributed by atoms with van der Waals surface area (Å²) in [6.45, 7) is 8.67. The number of aliphatic hydroxyl groups is 1. The van der Waals surface area contributed by atoms with E-state index < -0.39 is 17.7 Å². The fraction of sp³-hybridized carbons (Fsp3) is 0.500. The summed E-state index contributed by atoms with van der Waals surface area (Å²) in [5, 5.41) is 10.3.